The number of carbonyl (C=O) groups excluding carboxylic acids is 2. The number of para-hydroxylation sites is 2. The highest BCUT2D eigenvalue weighted by Crippen LogP contribution is 2.62. The first kappa shape index (κ1) is 19.7. The van der Waals surface area contributed by atoms with Crippen LogP contribution in [0.3, 0.4) is 0 Å². The molecule has 4 aliphatic carbocycles. The van der Waals surface area contributed by atoms with E-state index in [0.717, 1.165) is 69.7 Å². The fourth-order valence-electron chi connectivity index (χ4n) is 7.41. The molecule has 0 spiro atoms. The quantitative estimate of drug-likeness (QED) is 0.828. The molecule has 5 aliphatic rings. The summed E-state index contributed by atoms with van der Waals surface area (Å²) in [4.78, 5) is 30.1. The third-order valence-electron chi connectivity index (χ3n) is 7.95. The number of piperazine rings is 1. The molecular weight excluding hydrogens is 378 g/mol. The van der Waals surface area contributed by atoms with E-state index >= 15 is 0 Å². The highest BCUT2D eigenvalue weighted by atomic mass is 16.5. The second-order valence-corrected chi connectivity index (χ2v) is 10.2. The average Bonchev–Trinajstić information content (AvgIpc) is 2.71. The Labute approximate surface area is 178 Å². The van der Waals surface area contributed by atoms with Crippen LogP contribution >= 0.6 is 0 Å². The van der Waals surface area contributed by atoms with Crippen LogP contribution in [0, 0.1) is 17.3 Å². The summed E-state index contributed by atoms with van der Waals surface area (Å²) in [6.45, 7) is 4.77. The Morgan fingerprint density at radius 2 is 1.70 bits per heavy atom. The second kappa shape index (κ2) is 7.17. The van der Waals surface area contributed by atoms with Gasteiger partial charge < -0.3 is 19.9 Å². The summed E-state index contributed by atoms with van der Waals surface area (Å²) in [6, 6.07) is 8.10. The lowest BCUT2D eigenvalue weighted by Gasteiger charge is -2.62. The number of rotatable bonds is 4. The zero-order valence-electron chi connectivity index (χ0n) is 18.2. The van der Waals surface area contributed by atoms with Gasteiger partial charge in [0.2, 0.25) is 11.8 Å². The normalized spacial score (nSPS) is 34.7. The van der Waals surface area contributed by atoms with Crippen LogP contribution in [0.25, 0.3) is 0 Å². The maximum Gasteiger partial charge on any atom is 0.229 e. The van der Waals surface area contributed by atoms with Crippen molar-refractivity contribution in [1.29, 1.82) is 0 Å². The Morgan fingerprint density at radius 1 is 1.03 bits per heavy atom. The van der Waals surface area contributed by atoms with Crippen LogP contribution in [0.1, 0.15) is 45.4 Å². The molecule has 2 unspecified atom stereocenters. The summed E-state index contributed by atoms with van der Waals surface area (Å²) in [5.74, 6) is 2.43. The fraction of sp³-hybridized carbons (Fsp3) is 0.667. The average molecular weight is 412 g/mol. The maximum absolute atomic E-state index is 13.8. The molecule has 2 atom stereocenters. The maximum atomic E-state index is 13.8. The van der Waals surface area contributed by atoms with E-state index in [2.05, 4.69) is 21.2 Å². The number of carbonyl (C=O) groups is 2. The van der Waals surface area contributed by atoms with E-state index in [4.69, 9.17) is 4.74 Å². The summed E-state index contributed by atoms with van der Waals surface area (Å²) in [5.41, 5.74) is 0.691. The van der Waals surface area contributed by atoms with Gasteiger partial charge in [0.25, 0.3) is 0 Å². The van der Waals surface area contributed by atoms with E-state index in [1.54, 1.807) is 14.0 Å². The number of benzene rings is 1. The van der Waals surface area contributed by atoms with E-state index in [9.17, 15) is 9.59 Å². The summed E-state index contributed by atoms with van der Waals surface area (Å²) in [5, 5.41) is 3.28. The Kier molecular flexibility index (Phi) is 4.71. The Hall–Kier alpha value is -2.24. The molecule has 1 N–H and O–H groups in total. The molecule has 1 aromatic carbocycles. The molecule has 1 aliphatic heterocycles. The standard InChI is InChI=1S/C24H33N3O3/c1-17(28)25-24-14-18-11-19(15-24)13-23(12-18,16-24)22(29)27-9-7-26(8-10-27)20-5-3-4-6-21(20)30-2/h3-6,18-19H,7-16H2,1-2H3,(H,25,28). The predicted octanol–water partition coefficient (Wildman–Crippen LogP) is 2.82. The van der Waals surface area contributed by atoms with Gasteiger partial charge in [0.05, 0.1) is 18.2 Å². The Bertz CT molecular complexity index is 832. The van der Waals surface area contributed by atoms with Crippen molar-refractivity contribution in [3.8, 4) is 5.75 Å². The van der Waals surface area contributed by atoms with Crippen LogP contribution < -0.4 is 15.0 Å². The molecule has 4 bridgehead atoms. The minimum absolute atomic E-state index is 0.0463. The highest BCUT2D eigenvalue weighted by Gasteiger charge is 2.61. The number of nitrogens with one attached hydrogen (secondary N) is 1. The van der Waals surface area contributed by atoms with Crippen molar-refractivity contribution in [2.24, 2.45) is 17.3 Å². The van der Waals surface area contributed by atoms with Gasteiger partial charge in [-0.1, -0.05) is 12.1 Å². The Balaban J connectivity index is 1.30. The number of hydrogen-bond acceptors (Lipinski definition) is 4. The summed E-state index contributed by atoms with van der Waals surface area (Å²) >= 11 is 0. The molecular formula is C24H33N3O3. The van der Waals surface area contributed by atoms with Crippen molar-refractivity contribution in [3.63, 3.8) is 0 Å². The van der Waals surface area contributed by atoms with Crippen molar-refractivity contribution in [1.82, 2.24) is 10.2 Å². The second-order valence-electron chi connectivity index (χ2n) is 10.2. The van der Waals surface area contributed by atoms with Crippen molar-refractivity contribution >= 4 is 17.5 Å². The molecule has 0 aromatic heterocycles. The summed E-state index contributed by atoms with van der Waals surface area (Å²) < 4.78 is 5.52. The molecule has 2 amide bonds. The number of methoxy groups -OCH3 is 1. The minimum Gasteiger partial charge on any atom is -0.495 e. The molecule has 0 radical (unpaired) electrons. The van der Waals surface area contributed by atoms with Crippen molar-refractivity contribution in [2.45, 2.75) is 51.0 Å². The number of nitrogens with zero attached hydrogens (tertiary/aromatic N) is 2. The molecule has 1 aromatic rings. The summed E-state index contributed by atoms with van der Waals surface area (Å²) in [6.07, 6.45) is 6.20. The summed E-state index contributed by atoms with van der Waals surface area (Å²) in [7, 11) is 1.70. The van der Waals surface area contributed by atoms with E-state index in [0.29, 0.717) is 17.7 Å². The molecule has 6 rings (SSSR count). The lowest BCUT2D eigenvalue weighted by molar-refractivity contribution is -0.163. The van der Waals surface area contributed by atoms with Crippen molar-refractivity contribution < 1.29 is 14.3 Å². The van der Waals surface area contributed by atoms with Crippen LogP contribution in [-0.2, 0) is 9.59 Å². The highest BCUT2D eigenvalue weighted by molar-refractivity contribution is 5.84. The first-order valence-corrected chi connectivity index (χ1v) is 11.4. The fourth-order valence-corrected chi connectivity index (χ4v) is 7.41. The molecule has 162 valence electrons. The van der Waals surface area contributed by atoms with Crippen LogP contribution in [0.2, 0.25) is 0 Å². The molecule has 1 saturated heterocycles. The van der Waals surface area contributed by atoms with Gasteiger partial charge in [0, 0.05) is 38.6 Å². The number of hydrogen-bond donors (Lipinski definition) is 1. The number of amides is 2. The molecule has 30 heavy (non-hydrogen) atoms. The van der Waals surface area contributed by atoms with Gasteiger partial charge in [0.1, 0.15) is 5.75 Å². The van der Waals surface area contributed by atoms with Crippen LogP contribution in [0.4, 0.5) is 5.69 Å². The lowest BCUT2D eigenvalue weighted by atomic mass is 9.46. The molecule has 1 heterocycles. The predicted molar refractivity (Wildman–Crippen MR) is 115 cm³/mol. The zero-order valence-corrected chi connectivity index (χ0v) is 18.2. The SMILES string of the molecule is COc1ccccc1N1CCN(C(=O)C23CC4CC(CC(NC(C)=O)(C4)C2)C3)CC1. The number of anilines is 1. The smallest absolute Gasteiger partial charge is 0.229 e. The Morgan fingerprint density at radius 3 is 2.33 bits per heavy atom. The van der Waals surface area contributed by atoms with E-state index < -0.39 is 0 Å². The molecule has 4 saturated carbocycles. The van der Waals surface area contributed by atoms with Gasteiger partial charge in [-0.2, -0.15) is 0 Å². The van der Waals surface area contributed by atoms with Gasteiger partial charge in [-0.05, 0) is 62.5 Å². The van der Waals surface area contributed by atoms with E-state index in [1.165, 1.54) is 6.42 Å². The van der Waals surface area contributed by atoms with Crippen molar-refractivity contribution in [3.05, 3.63) is 24.3 Å². The first-order valence-electron chi connectivity index (χ1n) is 11.4. The molecule has 6 nitrogen and oxygen atoms in total. The van der Waals surface area contributed by atoms with Gasteiger partial charge in [-0.3, -0.25) is 9.59 Å². The van der Waals surface area contributed by atoms with E-state index in [-0.39, 0.29) is 16.9 Å². The topological polar surface area (TPSA) is 61.9 Å². The third kappa shape index (κ3) is 3.25. The lowest BCUT2D eigenvalue weighted by Crippen LogP contribution is -2.66. The monoisotopic (exact) mass is 411 g/mol. The van der Waals surface area contributed by atoms with Gasteiger partial charge in [-0.25, -0.2) is 0 Å². The van der Waals surface area contributed by atoms with Gasteiger partial charge >= 0.3 is 0 Å². The van der Waals surface area contributed by atoms with E-state index in [1.807, 2.05) is 18.2 Å². The van der Waals surface area contributed by atoms with Gasteiger partial charge in [0.15, 0.2) is 0 Å². The van der Waals surface area contributed by atoms with Crippen LogP contribution in [0.5, 0.6) is 5.75 Å². The van der Waals surface area contributed by atoms with Crippen LogP contribution in [-0.4, -0.2) is 55.5 Å². The first-order chi connectivity index (χ1) is 14.4. The van der Waals surface area contributed by atoms with Crippen LogP contribution in [0.15, 0.2) is 24.3 Å². The molecule has 6 heteroatoms. The largest absolute Gasteiger partial charge is 0.495 e. The molecule has 5 fully saturated rings. The number of ether oxygens (including phenoxy) is 1. The van der Waals surface area contributed by atoms with Gasteiger partial charge in [-0.15, -0.1) is 0 Å². The minimum atomic E-state index is -0.265. The van der Waals surface area contributed by atoms with Crippen molar-refractivity contribution in [2.75, 3.05) is 38.2 Å². The third-order valence-corrected chi connectivity index (χ3v) is 7.95. The zero-order chi connectivity index (χ0) is 20.9.